The van der Waals surface area contributed by atoms with Gasteiger partial charge in [-0.1, -0.05) is 0 Å². The van der Waals surface area contributed by atoms with Crippen LogP contribution in [0.4, 0.5) is 0 Å². The molecule has 0 saturated carbocycles. The molecule has 3 atom stereocenters. The van der Waals surface area contributed by atoms with Crippen LogP contribution in [0.25, 0.3) is 0 Å². The monoisotopic (exact) mass is 398 g/mol. The number of nitrogens with one attached hydrogen (secondary N) is 3. The molecule has 0 aromatic heterocycles. The van der Waals surface area contributed by atoms with Crippen LogP contribution in [0, 0.1) is 0 Å². The fraction of sp³-hybridized carbons (Fsp3) is 0.438. The van der Waals surface area contributed by atoms with Crippen LogP contribution in [0.3, 0.4) is 0 Å². The molecule has 148 valence electrons. The molecule has 1 aromatic carbocycles. The summed E-state index contributed by atoms with van der Waals surface area (Å²) in [5.74, 6) is -0.461. The number of methoxy groups -OCH3 is 3. The molecule has 1 aliphatic heterocycles. The fourth-order valence-corrected chi connectivity index (χ4v) is 3.23. The number of thioether (sulfide) groups is 1. The lowest BCUT2D eigenvalue weighted by Gasteiger charge is -2.35. The van der Waals surface area contributed by atoms with Crippen molar-refractivity contribution in [3.8, 4) is 11.5 Å². The Morgan fingerprint density at radius 2 is 1.93 bits per heavy atom. The summed E-state index contributed by atoms with van der Waals surface area (Å²) in [4.78, 5) is 36.0. The van der Waals surface area contributed by atoms with Gasteiger partial charge in [-0.2, -0.15) is 0 Å². The van der Waals surface area contributed by atoms with Crippen LogP contribution >= 0.6 is 11.8 Å². The molecule has 0 spiro atoms. The second kappa shape index (κ2) is 9.44. The van der Waals surface area contributed by atoms with Crippen molar-refractivity contribution < 1.29 is 28.6 Å². The van der Waals surface area contributed by atoms with Gasteiger partial charge in [0, 0.05) is 5.56 Å². The van der Waals surface area contributed by atoms with Crippen molar-refractivity contribution in [1.29, 1.82) is 0 Å². The van der Waals surface area contributed by atoms with Crippen LogP contribution in [0.1, 0.15) is 10.4 Å². The van der Waals surface area contributed by atoms with Crippen molar-refractivity contribution in [2.45, 2.75) is 17.7 Å². The number of amides is 2. The summed E-state index contributed by atoms with van der Waals surface area (Å²) >= 11 is 1.12. The second-order valence-corrected chi connectivity index (χ2v) is 6.58. The number of carbonyl (C=O) groups excluding carboxylic acids is 3. The van der Waals surface area contributed by atoms with Gasteiger partial charge in [0.25, 0.3) is 5.91 Å². The molecule has 27 heavy (non-hydrogen) atoms. The number of nitrogens with two attached hydrogens (primary N) is 1. The molecule has 1 saturated heterocycles. The molecule has 0 radical (unpaired) electrons. The van der Waals surface area contributed by atoms with Gasteiger partial charge in [0.2, 0.25) is 5.91 Å². The standard InChI is InChI=1S/C16H22N4O6S/c1-24-9-5-4-8(6-10(9)25-2)14(22)18-12-13(17)19-16(20-15(12)23)27-7-11(21)26-3/h4-6,12-13,16,19H,7,17H2,1-3H3,(H,18,22)(H,20,23). The lowest BCUT2D eigenvalue weighted by molar-refractivity contribution is -0.137. The molecule has 3 unspecified atom stereocenters. The second-order valence-electron chi connectivity index (χ2n) is 5.49. The zero-order valence-corrected chi connectivity index (χ0v) is 15.9. The van der Waals surface area contributed by atoms with E-state index in [0.717, 1.165) is 11.8 Å². The van der Waals surface area contributed by atoms with E-state index in [1.54, 1.807) is 12.1 Å². The Bertz CT molecular complexity index is 716. The average Bonchev–Trinajstić information content (AvgIpc) is 2.67. The summed E-state index contributed by atoms with van der Waals surface area (Å²) in [6, 6.07) is 3.65. The van der Waals surface area contributed by atoms with Crippen molar-refractivity contribution in [3.05, 3.63) is 23.8 Å². The van der Waals surface area contributed by atoms with Gasteiger partial charge in [0.05, 0.1) is 33.2 Å². The lowest BCUT2D eigenvalue weighted by Crippen LogP contribution is -2.70. The topological polar surface area (TPSA) is 141 Å². The van der Waals surface area contributed by atoms with Gasteiger partial charge in [0.15, 0.2) is 11.5 Å². The average molecular weight is 398 g/mol. The van der Waals surface area contributed by atoms with E-state index >= 15 is 0 Å². The van der Waals surface area contributed by atoms with E-state index in [-0.39, 0.29) is 11.3 Å². The van der Waals surface area contributed by atoms with E-state index < -0.39 is 35.5 Å². The molecule has 0 aliphatic carbocycles. The molecular weight excluding hydrogens is 376 g/mol. The smallest absolute Gasteiger partial charge is 0.315 e. The first kappa shape index (κ1) is 20.8. The third-order valence-electron chi connectivity index (χ3n) is 3.79. The summed E-state index contributed by atoms with van der Waals surface area (Å²) < 4.78 is 14.8. The highest BCUT2D eigenvalue weighted by molar-refractivity contribution is 8.00. The summed E-state index contributed by atoms with van der Waals surface area (Å²) in [6.07, 6.45) is -0.835. The van der Waals surface area contributed by atoms with E-state index in [0.29, 0.717) is 11.5 Å². The predicted octanol–water partition coefficient (Wildman–Crippen LogP) is -1.00. The Labute approximate surface area is 160 Å². The maximum Gasteiger partial charge on any atom is 0.315 e. The van der Waals surface area contributed by atoms with Gasteiger partial charge in [-0.15, -0.1) is 11.8 Å². The lowest BCUT2D eigenvalue weighted by atomic mass is 10.1. The van der Waals surface area contributed by atoms with Gasteiger partial charge >= 0.3 is 5.97 Å². The zero-order valence-electron chi connectivity index (χ0n) is 15.1. The normalized spacial score (nSPS) is 21.8. The highest BCUT2D eigenvalue weighted by Gasteiger charge is 2.35. The van der Waals surface area contributed by atoms with E-state index in [1.807, 2.05) is 0 Å². The van der Waals surface area contributed by atoms with E-state index in [4.69, 9.17) is 15.2 Å². The van der Waals surface area contributed by atoms with Crippen LogP contribution in [-0.2, 0) is 14.3 Å². The minimum absolute atomic E-state index is 0.0455. The quantitative estimate of drug-likeness (QED) is 0.425. The minimum atomic E-state index is -0.986. The first-order chi connectivity index (χ1) is 12.9. The van der Waals surface area contributed by atoms with Crippen LogP contribution in [-0.4, -0.2) is 62.6 Å². The van der Waals surface area contributed by atoms with E-state index in [2.05, 4.69) is 20.7 Å². The van der Waals surface area contributed by atoms with Crippen molar-refractivity contribution in [2.75, 3.05) is 27.1 Å². The molecule has 5 N–H and O–H groups in total. The minimum Gasteiger partial charge on any atom is -0.493 e. The third kappa shape index (κ3) is 5.25. The molecule has 10 nitrogen and oxygen atoms in total. The zero-order chi connectivity index (χ0) is 20.0. The Hall–Kier alpha value is -2.50. The predicted molar refractivity (Wildman–Crippen MR) is 98.3 cm³/mol. The Morgan fingerprint density at radius 1 is 1.22 bits per heavy atom. The first-order valence-corrected chi connectivity index (χ1v) is 8.97. The number of rotatable bonds is 7. The molecule has 1 fully saturated rings. The highest BCUT2D eigenvalue weighted by atomic mass is 32.2. The molecule has 1 aliphatic rings. The first-order valence-electron chi connectivity index (χ1n) is 7.93. The maximum atomic E-state index is 12.5. The molecule has 11 heteroatoms. The van der Waals surface area contributed by atoms with Gasteiger partial charge in [0.1, 0.15) is 11.5 Å². The number of hydrogen-bond acceptors (Lipinski definition) is 9. The van der Waals surface area contributed by atoms with Crippen LogP contribution < -0.4 is 31.2 Å². The van der Waals surface area contributed by atoms with Crippen LogP contribution in [0.15, 0.2) is 18.2 Å². The van der Waals surface area contributed by atoms with Gasteiger partial charge in [-0.25, -0.2) is 0 Å². The summed E-state index contributed by atoms with van der Waals surface area (Å²) in [5.41, 5.74) is 5.68. The largest absolute Gasteiger partial charge is 0.493 e. The van der Waals surface area contributed by atoms with Crippen molar-refractivity contribution >= 4 is 29.5 Å². The van der Waals surface area contributed by atoms with Crippen molar-refractivity contribution in [2.24, 2.45) is 5.73 Å². The van der Waals surface area contributed by atoms with Crippen LogP contribution in [0.2, 0.25) is 0 Å². The van der Waals surface area contributed by atoms with E-state index in [1.165, 1.54) is 27.4 Å². The number of benzene rings is 1. The van der Waals surface area contributed by atoms with Gasteiger partial charge < -0.3 is 30.6 Å². The van der Waals surface area contributed by atoms with Gasteiger partial charge in [-0.05, 0) is 18.2 Å². The number of carbonyl (C=O) groups is 3. The molecule has 1 heterocycles. The third-order valence-corrected chi connectivity index (χ3v) is 4.78. The van der Waals surface area contributed by atoms with Crippen molar-refractivity contribution in [3.63, 3.8) is 0 Å². The summed E-state index contributed by atoms with van der Waals surface area (Å²) in [6.45, 7) is 0. The molecule has 1 aromatic rings. The van der Waals surface area contributed by atoms with Crippen molar-refractivity contribution in [1.82, 2.24) is 16.0 Å². The van der Waals surface area contributed by atoms with E-state index in [9.17, 15) is 14.4 Å². The van der Waals surface area contributed by atoms with Gasteiger partial charge in [-0.3, -0.25) is 19.7 Å². The molecular formula is C16H22N4O6S. The Morgan fingerprint density at radius 3 is 2.52 bits per heavy atom. The molecule has 0 bridgehead atoms. The highest BCUT2D eigenvalue weighted by Crippen LogP contribution is 2.27. The fourth-order valence-electron chi connectivity index (χ4n) is 2.35. The maximum absolute atomic E-state index is 12.5. The SMILES string of the molecule is COC(=O)CSC1NC(=O)C(NC(=O)c2ccc(OC)c(OC)c2)C(N)N1. The Balaban J connectivity index is 2.00. The molecule has 2 amide bonds. The Kier molecular flexibility index (Phi) is 7.28. The summed E-state index contributed by atoms with van der Waals surface area (Å²) in [5, 5.41) is 8.14. The molecule has 2 rings (SSSR count). The summed E-state index contributed by atoms with van der Waals surface area (Å²) in [7, 11) is 4.23. The number of esters is 1. The number of hydrogen-bond donors (Lipinski definition) is 4. The van der Waals surface area contributed by atoms with Crippen LogP contribution in [0.5, 0.6) is 11.5 Å². The number of ether oxygens (including phenoxy) is 3.